The molecule has 0 radical (unpaired) electrons. The molecule has 3 nitrogen and oxygen atoms in total. The summed E-state index contributed by atoms with van der Waals surface area (Å²) in [4.78, 5) is 4.00. The van der Waals surface area contributed by atoms with Gasteiger partial charge in [-0.2, -0.15) is 0 Å². The number of nitrogens with zero attached hydrogens (tertiary/aromatic N) is 1. The normalized spacial score (nSPS) is 10.3. The van der Waals surface area contributed by atoms with Crippen molar-refractivity contribution in [2.45, 2.75) is 13.5 Å². The Morgan fingerprint density at radius 2 is 2.12 bits per heavy atom. The number of nitrogens with two attached hydrogens (primary N) is 1. The van der Waals surface area contributed by atoms with E-state index in [4.69, 9.17) is 10.5 Å². The fourth-order valence-corrected chi connectivity index (χ4v) is 1.78. The predicted molar refractivity (Wildman–Crippen MR) is 71.1 cm³/mol. The summed E-state index contributed by atoms with van der Waals surface area (Å²) < 4.78 is 6.67. The van der Waals surface area contributed by atoms with Crippen LogP contribution in [-0.4, -0.2) is 4.98 Å². The van der Waals surface area contributed by atoms with Gasteiger partial charge in [0.15, 0.2) is 0 Å². The van der Waals surface area contributed by atoms with Crippen LogP contribution in [0, 0.1) is 6.92 Å². The Morgan fingerprint density at radius 3 is 2.82 bits per heavy atom. The molecule has 1 heterocycles. The van der Waals surface area contributed by atoms with Crippen LogP contribution in [0.15, 0.2) is 41.1 Å². The molecule has 0 atom stereocenters. The van der Waals surface area contributed by atoms with Gasteiger partial charge in [0, 0.05) is 25.0 Å². The second kappa shape index (κ2) is 5.29. The smallest absolute Gasteiger partial charge is 0.144 e. The molecule has 0 amide bonds. The zero-order valence-electron chi connectivity index (χ0n) is 9.48. The first-order valence-electron chi connectivity index (χ1n) is 5.27. The zero-order valence-corrected chi connectivity index (χ0v) is 11.1. The second-order valence-electron chi connectivity index (χ2n) is 3.71. The van der Waals surface area contributed by atoms with Crippen molar-refractivity contribution in [3.8, 4) is 11.5 Å². The molecule has 1 aromatic carbocycles. The second-order valence-corrected chi connectivity index (χ2v) is 4.57. The Labute approximate surface area is 109 Å². The van der Waals surface area contributed by atoms with Gasteiger partial charge in [-0.25, -0.2) is 0 Å². The number of aromatic nitrogens is 1. The third kappa shape index (κ3) is 2.84. The van der Waals surface area contributed by atoms with E-state index < -0.39 is 0 Å². The molecule has 0 aliphatic heterocycles. The van der Waals surface area contributed by atoms with Gasteiger partial charge in [0.25, 0.3) is 0 Å². The summed E-state index contributed by atoms with van der Waals surface area (Å²) >= 11 is 3.40. The average Bonchev–Trinajstić information content (AvgIpc) is 2.35. The maximum absolute atomic E-state index is 5.84. The Morgan fingerprint density at radius 1 is 1.29 bits per heavy atom. The van der Waals surface area contributed by atoms with Crippen molar-refractivity contribution in [2.75, 3.05) is 0 Å². The summed E-state index contributed by atoms with van der Waals surface area (Å²) in [5.41, 5.74) is 7.74. The quantitative estimate of drug-likeness (QED) is 0.943. The number of pyridine rings is 1. The highest BCUT2D eigenvalue weighted by atomic mass is 79.9. The van der Waals surface area contributed by atoms with E-state index in [1.54, 1.807) is 12.4 Å². The maximum Gasteiger partial charge on any atom is 0.144 e. The first kappa shape index (κ1) is 12.1. The lowest BCUT2D eigenvalue weighted by Crippen LogP contribution is -1.97. The van der Waals surface area contributed by atoms with Crippen molar-refractivity contribution in [1.82, 2.24) is 4.98 Å². The third-order valence-corrected chi connectivity index (χ3v) is 3.04. The van der Waals surface area contributed by atoms with Gasteiger partial charge < -0.3 is 10.5 Å². The number of hydrogen-bond acceptors (Lipinski definition) is 3. The van der Waals surface area contributed by atoms with Crippen LogP contribution in [0.3, 0.4) is 0 Å². The van der Waals surface area contributed by atoms with E-state index in [0.717, 1.165) is 27.1 Å². The van der Waals surface area contributed by atoms with Gasteiger partial charge in [-0.1, -0.05) is 12.1 Å². The van der Waals surface area contributed by atoms with E-state index in [0.29, 0.717) is 6.54 Å². The van der Waals surface area contributed by atoms with Crippen LogP contribution in [0.5, 0.6) is 11.5 Å². The van der Waals surface area contributed by atoms with Crippen LogP contribution in [0.1, 0.15) is 11.1 Å². The van der Waals surface area contributed by atoms with E-state index in [9.17, 15) is 0 Å². The summed E-state index contributed by atoms with van der Waals surface area (Å²) in [6.45, 7) is 2.51. The lowest BCUT2D eigenvalue weighted by atomic mass is 10.1. The molecule has 0 spiro atoms. The van der Waals surface area contributed by atoms with Gasteiger partial charge in [-0.3, -0.25) is 4.98 Å². The molecule has 88 valence electrons. The van der Waals surface area contributed by atoms with Crippen LogP contribution in [0.4, 0.5) is 0 Å². The summed E-state index contributed by atoms with van der Waals surface area (Å²) in [5.74, 6) is 1.57. The molecule has 2 aromatic rings. The third-order valence-electron chi connectivity index (χ3n) is 2.44. The Bertz CT molecular complexity index is 529. The number of hydrogen-bond donors (Lipinski definition) is 1. The van der Waals surface area contributed by atoms with Crippen LogP contribution < -0.4 is 10.5 Å². The van der Waals surface area contributed by atoms with E-state index in [1.165, 1.54) is 0 Å². The molecular formula is C13H13BrN2O. The van der Waals surface area contributed by atoms with Crippen molar-refractivity contribution in [2.24, 2.45) is 5.73 Å². The molecule has 2 N–H and O–H groups in total. The number of rotatable bonds is 3. The Hall–Kier alpha value is -1.39. The molecule has 0 bridgehead atoms. The summed E-state index contributed by atoms with van der Waals surface area (Å²) in [5, 5.41) is 0. The molecule has 1 aromatic heterocycles. The van der Waals surface area contributed by atoms with Crippen LogP contribution in [0.25, 0.3) is 0 Å². The first-order chi connectivity index (χ1) is 8.20. The molecule has 0 saturated carbocycles. The largest absolute Gasteiger partial charge is 0.456 e. The van der Waals surface area contributed by atoms with Crippen molar-refractivity contribution >= 4 is 15.9 Å². The molecule has 0 saturated heterocycles. The van der Waals surface area contributed by atoms with Gasteiger partial charge >= 0.3 is 0 Å². The minimum Gasteiger partial charge on any atom is -0.456 e. The molecule has 0 aliphatic rings. The zero-order chi connectivity index (χ0) is 12.3. The van der Waals surface area contributed by atoms with Gasteiger partial charge in [0.1, 0.15) is 11.5 Å². The van der Waals surface area contributed by atoms with Crippen LogP contribution in [0.2, 0.25) is 0 Å². The molecule has 0 fully saturated rings. The Balaban J connectivity index is 2.32. The highest BCUT2D eigenvalue weighted by Crippen LogP contribution is 2.30. The minimum absolute atomic E-state index is 0.508. The highest BCUT2D eigenvalue weighted by Gasteiger charge is 2.05. The molecule has 17 heavy (non-hydrogen) atoms. The number of halogens is 1. The van der Waals surface area contributed by atoms with Gasteiger partial charge in [-0.15, -0.1) is 0 Å². The van der Waals surface area contributed by atoms with E-state index in [1.807, 2.05) is 31.2 Å². The van der Waals surface area contributed by atoms with E-state index in [-0.39, 0.29) is 0 Å². The molecule has 0 unspecified atom stereocenters. The van der Waals surface area contributed by atoms with Crippen molar-refractivity contribution in [3.05, 3.63) is 52.3 Å². The predicted octanol–water partition coefficient (Wildman–Crippen LogP) is 3.40. The van der Waals surface area contributed by atoms with E-state index >= 15 is 0 Å². The lowest BCUT2D eigenvalue weighted by Gasteiger charge is -2.11. The monoisotopic (exact) mass is 292 g/mol. The average molecular weight is 293 g/mol. The van der Waals surface area contributed by atoms with E-state index in [2.05, 4.69) is 20.9 Å². The van der Waals surface area contributed by atoms with Crippen LogP contribution >= 0.6 is 15.9 Å². The fourth-order valence-electron chi connectivity index (χ4n) is 1.45. The molecular weight excluding hydrogens is 280 g/mol. The number of benzene rings is 1. The summed E-state index contributed by atoms with van der Waals surface area (Å²) in [7, 11) is 0. The molecule has 0 aliphatic carbocycles. The van der Waals surface area contributed by atoms with Gasteiger partial charge in [-0.05, 0) is 40.0 Å². The molecule has 2 rings (SSSR count). The van der Waals surface area contributed by atoms with Crippen LogP contribution in [-0.2, 0) is 6.54 Å². The lowest BCUT2D eigenvalue weighted by molar-refractivity contribution is 0.474. The summed E-state index contributed by atoms with van der Waals surface area (Å²) in [6.07, 6.45) is 3.40. The van der Waals surface area contributed by atoms with Crippen molar-refractivity contribution in [3.63, 3.8) is 0 Å². The number of aryl methyl sites for hydroxylation is 1. The van der Waals surface area contributed by atoms with Crippen molar-refractivity contribution in [1.29, 1.82) is 0 Å². The van der Waals surface area contributed by atoms with Crippen molar-refractivity contribution < 1.29 is 4.74 Å². The minimum atomic E-state index is 0.508. The SMILES string of the molecule is Cc1ccc(CN)cc1Oc1ccncc1Br. The molecule has 4 heteroatoms. The highest BCUT2D eigenvalue weighted by molar-refractivity contribution is 9.10. The first-order valence-corrected chi connectivity index (χ1v) is 6.07. The fraction of sp³-hybridized carbons (Fsp3) is 0.154. The number of ether oxygens (including phenoxy) is 1. The maximum atomic E-state index is 5.84. The van der Waals surface area contributed by atoms with Gasteiger partial charge in [0.2, 0.25) is 0 Å². The topological polar surface area (TPSA) is 48.1 Å². The summed E-state index contributed by atoms with van der Waals surface area (Å²) in [6, 6.07) is 7.79. The Kier molecular flexibility index (Phi) is 3.76. The van der Waals surface area contributed by atoms with Gasteiger partial charge in [0.05, 0.1) is 4.47 Å². The standard InChI is InChI=1S/C13H13BrN2O/c1-9-2-3-10(7-15)6-13(9)17-12-4-5-16-8-11(12)14/h2-6,8H,7,15H2,1H3.